The van der Waals surface area contributed by atoms with Gasteiger partial charge in [-0.2, -0.15) is 5.10 Å². The molecule has 0 saturated heterocycles. The Labute approximate surface area is 179 Å². The quantitative estimate of drug-likeness (QED) is 0.513. The van der Waals surface area contributed by atoms with Crippen LogP contribution in [0.15, 0.2) is 65.8 Å². The summed E-state index contributed by atoms with van der Waals surface area (Å²) in [6.45, 7) is 8.15. The number of hydrogen-bond acceptors (Lipinski definition) is 4. The van der Waals surface area contributed by atoms with Crippen LogP contribution in [0.25, 0.3) is 38.0 Å². The monoisotopic (exact) mass is 405 g/mol. The molecule has 1 aliphatic rings. The number of aromatic nitrogens is 2. The Morgan fingerprint density at radius 3 is 2.55 bits per heavy atom. The van der Waals surface area contributed by atoms with Gasteiger partial charge in [-0.25, -0.2) is 4.85 Å². The number of carbonyl (C=O) groups is 1. The van der Waals surface area contributed by atoms with E-state index < -0.39 is 0 Å². The molecule has 0 fully saturated rings. The Morgan fingerprint density at radius 2 is 1.81 bits per heavy atom. The van der Waals surface area contributed by atoms with Crippen LogP contribution >= 0.6 is 0 Å². The lowest BCUT2D eigenvalue weighted by atomic mass is 9.91. The van der Waals surface area contributed by atoms with Crippen LogP contribution < -0.4 is 5.73 Å². The number of ketones is 1. The largest absolute Gasteiger partial charge is 0.325 e. The van der Waals surface area contributed by atoms with Crippen molar-refractivity contribution in [2.75, 3.05) is 13.1 Å². The van der Waals surface area contributed by atoms with Gasteiger partial charge in [0.05, 0.1) is 24.2 Å². The molecule has 0 amide bonds. The molecule has 0 aliphatic carbocycles. The first-order valence-corrected chi connectivity index (χ1v) is 9.94. The van der Waals surface area contributed by atoms with Gasteiger partial charge in [0.1, 0.15) is 6.54 Å². The fraction of sp³-hybridized carbons (Fsp3) is 0.120. The van der Waals surface area contributed by atoms with Crippen molar-refractivity contribution in [1.29, 1.82) is 0 Å². The van der Waals surface area contributed by atoms with Gasteiger partial charge in [0.2, 0.25) is 0 Å². The molecule has 6 heteroatoms. The Hall–Kier alpha value is -4.08. The van der Waals surface area contributed by atoms with Gasteiger partial charge >= 0.3 is 0 Å². The lowest BCUT2D eigenvalue weighted by Crippen LogP contribution is -2.24. The predicted octanol–water partition coefficient (Wildman–Crippen LogP) is 4.40. The van der Waals surface area contributed by atoms with Gasteiger partial charge in [0.25, 0.3) is 0 Å². The minimum absolute atomic E-state index is 0.00465. The van der Waals surface area contributed by atoms with E-state index >= 15 is 0 Å². The molecule has 0 spiro atoms. The van der Waals surface area contributed by atoms with E-state index in [-0.39, 0.29) is 18.9 Å². The molecule has 0 atom stereocenters. The van der Waals surface area contributed by atoms with Crippen LogP contribution in [0.3, 0.4) is 0 Å². The van der Waals surface area contributed by atoms with Gasteiger partial charge in [-0.05, 0) is 28.5 Å². The summed E-state index contributed by atoms with van der Waals surface area (Å²) in [5.74, 6) is -0.00465. The number of benzene rings is 3. The number of rotatable bonds is 3. The van der Waals surface area contributed by atoms with Crippen LogP contribution in [0.5, 0.6) is 0 Å². The average Bonchev–Trinajstić information content (AvgIpc) is 3.19. The molecule has 0 radical (unpaired) electrons. The van der Waals surface area contributed by atoms with E-state index in [4.69, 9.17) is 12.3 Å². The van der Waals surface area contributed by atoms with Crippen LogP contribution in [-0.2, 0) is 7.05 Å². The molecular formula is C25H19N5O. The smallest absolute Gasteiger partial charge is 0.197 e. The van der Waals surface area contributed by atoms with Crippen LogP contribution in [0.2, 0.25) is 0 Å². The average molecular weight is 405 g/mol. The second-order valence-electron chi connectivity index (χ2n) is 7.51. The lowest BCUT2D eigenvalue weighted by molar-refractivity contribution is 0.1000. The van der Waals surface area contributed by atoms with E-state index in [1.165, 1.54) is 0 Å². The van der Waals surface area contributed by atoms with Gasteiger partial charge in [0, 0.05) is 35.8 Å². The van der Waals surface area contributed by atoms with E-state index in [1.807, 2.05) is 61.6 Å². The number of aryl methyl sites for hydroxylation is 1. The summed E-state index contributed by atoms with van der Waals surface area (Å²) in [5.41, 5.74) is 12.1. The van der Waals surface area contributed by atoms with Crippen molar-refractivity contribution in [1.82, 2.24) is 9.78 Å². The molecule has 5 rings (SSSR count). The third kappa shape index (κ3) is 3.03. The Bertz CT molecular complexity index is 1440. The number of aliphatic imine (C=N–C) groups is 1. The van der Waals surface area contributed by atoms with Gasteiger partial charge in [-0.1, -0.05) is 42.5 Å². The summed E-state index contributed by atoms with van der Waals surface area (Å²) in [5, 5.41) is 6.57. The second-order valence-corrected chi connectivity index (χ2v) is 7.51. The molecule has 3 aromatic carbocycles. The normalized spacial score (nSPS) is 13.1. The maximum atomic E-state index is 12.3. The van der Waals surface area contributed by atoms with Crippen LogP contribution in [0.4, 0.5) is 5.69 Å². The predicted molar refractivity (Wildman–Crippen MR) is 123 cm³/mol. The molecule has 4 aromatic rings. The van der Waals surface area contributed by atoms with E-state index in [0.717, 1.165) is 44.4 Å². The van der Waals surface area contributed by atoms with Crippen molar-refractivity contribution in [2.45, 2.75) is 0 Å². The number of carbonyl (C=O) groups excluding carboxylic acids is 1. The molecule has 6 nitrogen and oxygen atoms in total. The van der Waals surface area contributed by atoms with Crippen LogP contribution in [0.1, 0.15) is 15.9 Å². The molecule has 31 heavy (non-hydrogen) atoms. The zero-order chi connectivity index (χ0) is 21.5. The zero-order valence-electron chi connectivity index (χ0n) is 17.0. The second kappa shape index (κ2) is 7.31. The van der Waals surface area contributed by atoms with Gasteiger partial charge in [-0.3, -0.25) is 14.5 Å². The highest BCUT2D eigenvalue weighted by Gasteiger charge is 2.22. The molecule has 2 heterocycles. The summed E-state index contributed by atoms with van der Waals surface area (Å²) in [7, 11) is 1.87. The first-order chi connectivity index (χ1) is 15.1. The maximum absolute atomic E-state index is 12.3. The fourth-order valence-corrected chi connectivity index (χ4v) is 4.18. The standard InChI is InChI=1S/C25H19N5O/c1-27-22-11-16-6-4-3-5-15(16)9-20(22)25-21(13-29-30(25)2)17-7-8-18-19(10-17)23(12-26)28-14-24(18)31/h3-11,13H,12,14,26H2,2H3. The highest BCUT2D eigenvalue weighted by molar-refractivity contribution is 6.16. The first kappa shape index (κ1) is 18.9. The van der Waals surface area contributed by atoms with Gasteiger partial charge < -0.3 is 5.73 Å². The molecule has 2 N–H and O–H groups in total. The van der Waals surface area contributed by atoms with Crippen molar-refractivity contribution >= 4 is 28.0 Å². The van der Waals surface area contributed by atoms with E-state index in [1.54, 1.807) is 10.9 Å². The molecular weight excluding hydrogens is 386 g/mol. The van der Waals surface area contributed by atoms with Crippen molar-refractivity contribution in [3.05, 3.63) is 83.3 Å². The number of hydrogen-bond donors (Lipinski definition) is 1. The molecule has 0 bridgehead atoms. The van der Waals surface area contributed by atoms with Gasteiger partial charge in [0.15, 0.2) is 11.5 Å². The summed E-state index contributed by atoms with van der Waals surface area (Å²) in [6, 6.07) is 17.7. The lowest BCUT2D eigenvalue weighted by Gasteiger charge is -2.17. The number of nitrogens with zero attached hydrogens (tertiary/aromatic N) is 4. The van der Waals surface area contributed by atoms with Crippen LogP contribution in [-0.4, -0.2) is 34.4 Å². The molecule has 1 aliphatic heterocycles. The van der Waals surface area contributed by atoms with Crippen molar-refractivity contribution < 1.29 is 4.79 Å². The topological polar surface area (TPSA) is 77.6 Å². The summed E-state index contributed by atoms with van der Waals surface area (Å²) < 4.78 is 1.79. The van der Waals surface area contributed by atoms with Gasteiger partial charge in [-0.15, -0.1) is 0 Å². The number of fused-ring (bicyclic) bond motifs is 2. The fourth-order valence-electron chi connectivity index (χ4n) is 4.18. The summed E-state index contributed by atoms with van der Waals surface area (Å²) >= 11 is 0. The molecule has 150 valence electrons. The SMILES string of the molecule is [C-]#[N+]c1cc2ccccc2cc1-c1c(-c2ccc3c(c2)C(CN)=NCC3=O)cnn1C. The minimum Gasteiger partial charge on any atom is -0.325 e. The zero-order valence-corrected chi connectivity index (χ0v) is 17.0. The summed E-state index contributed by atoms with van der Waals surface area (Å²) in [4.78, 5) is 20.4. The van der Waals surface area contributed by atoms with E-state index in [9.17, 15) is 4.79 Å². The molecule has 0 unspecified atom stereocenters. The Kier molecular flexibility index (Phi) is 4.46. The van der Waals surface area contributed by atoms with E-state index in [2.05, 4.69) is 14.9 Å². The van der Waals surface area contributed by atoms with Crippen LogP contribution in [0, 0.1) is 6.57 Å². The van der Waals surface area contributed by atoms with Crippen molar-refractivity contribution in [3.63, 3.8) is 0 Å². The molecule has 1 aromatic heterocycles. The van der Waals surface area contributed by atoms with E-state index in [0.29, 0.717) is 11.3 Å². The Balaban J connectivity index is 1.73. The van der Waals surface area contributed by atoms with Crippen molar-refractivity contribution in [3.8, 4) is 22.4 Å². The highest BCUT2D eigenvalue weighted by atomic mass is 16.1. The number of Topliss-reactive ketones (excluding diaryl/α,β-unsaturated/α-hetero) is 1. The Morgan fingerprint density at radius 1 is 1.03 bits per heavy atom. The van der Waals surface area contributed by atoms with Crippen molar-refractivity contribution in [2.24, 2.45) is 17.8 Å². The highest BCUT2D eigenvalue weighted by Crippen LogP contribution is 2.40. The maximum Gasteiger partial charge on any atom is 0.197 e. The third-order valence-corrected chi connectivity index (χ3v) is 5.73. The molecule has 0 saturated carbocycles. The minimum atomic E-state index is -0.00465. The first-order valence-electron chi connectivity index (χ1n) is 9.94. The number of nitrogens with two attached hydrogens (primary N) is 1. The summed E-state index contributed by atoms with van der Waals surface area (Å²) in [6.07, 6.45) is 1.80. The third-order valence-electron chi connectivity index (χ3n) is 5.73.